The number of fused-ring (bicyclic) bond motifs is 5. The SMILES string of the molecule is C[C@@H]1C[C@@H](c2nc(-c3ccc(-c4ccc(OS(=O)(=O)C(F)(F)F)c5c4C4CCC5N4C)cc3)c[nH]2)N(C(=O)OC(C)(C)C)C1. The van der Waals surface area contributed by atoms with E-state index in [1.54, 1.807) is 17.2 Å². The van der Waals surface area contributed by atoms with Crippen molar-refractivity contribution in [1.29, 1.82) is 0 Å². The number of likely N-dealkylation sites (tertiary alicyclic amines) is 1. The van der Waals surface area contributed by atoms with Crippen molar-refractivity contribution in [2.24, 2.45) is 5.92 Å². The maximum atomic E-state index is 13.1. The Morgan fingerprint density at radius 2 is 1.61 bits per heavy atom. The normalized spacial score (nSPS) is 23.7. The van der Waals surface area contributed by atoms with Crippen LogP contribution in [0.4, 0.5) is 18.0 Å². The van der Waals surface area contributed by atoms with Crippen LogP contribution < -0.4 is 4.18 Å². The number of alkyl halides is 3. The highest BCUT2D eigenvalue weighted by atomic mass is 32.2. The molecule has 13 heteroatoms. The summed E-state index contributed by atoms with van der Waals surface area (Å²) in [7, 11) is -3.91. The Morgan fingerprint density at radius 1 is 0.977 bits per heavy atom. The maximum absolute atomic E-state index is 13.1. The molecule has 4 atom stereocenters. The van der Waals surface area contributed by atoms with Crippen molar-refractivity contribution in [2.75, 3.05) is 13.6 Å². The van der Waals surface area contributed by atoms with Crippen LogP contribution in [0.5, 0.6) is 5.75 Å². The lowest BCUT2D eigenvalue weighted by Crippen LogP contribution is -2.37. The minimum Gasteiger partial charge on any atom is -0.444 e. The summed E-state index contributed by atoms with van der Waals surface area (Å²) in [6, 6.07) is 10.1. The van der Waals surface area contributed by atoms with E-state index in [1.165, 1.54) is 6.07 Å². The first-order chi connectivity index (χ1) is 20.5. The zero-order chi connectivity index (χ0) is 31.8. The average Bonchev–Trinajstić information content (AvgIpc) is 3.70. The molecule has 2 unspecified atom stereocenters. The Kier molecular flexibility index (Phi) is 7.27. The van der Waals surface area contributed by atoms with Crippen LogP contribution in [-0.2, 0) is 14.9 Å². The molecular formula is C31H35F3N4O5S. The van der Waals surface area contributed by atoms with E-state index < -0.39 is 21.2 Å². The first-order valence-electron chi connectivity index (χ1n) is 14.6. The zero-order valence-electron chi connectivity index (χ0n) is 25.1. The summed E-state index contributed by atoms with van der Waals surface area (Å²) in [5, 5.41) is 0. The molecule has 0 saturated carbocycles. The highest BCUT2D eigenvalue weighted by molar-refractivity contribution is 7.88. The minimum absolute atomic E-state index is 0.0579. The molecule has 2 aromatic carbocycles. The molecule has 9 nitrogen and oxygen atoms in total. The number of hydrogen-bond donors (Lipinski definition) is 1. The van der Waals surface area contributed by atoms with E-state index in [4.69, 9.17) is 9.72 Å². The number of rotatable bonds is 5. The zero-order valence-corrected chi connectivity index (χ0v) is 25.9. The Morgan fingerprint density at radius 3 is 2.25 bits per heavy atom. The predicted molar refractivity (Wildman–Crippen MR) is 157 cm³/mol. The van der Waals surface area contributed by atoms with Crippen LogP contribution in [-0.4, -0.2) is 59.0 Å². The van der Waals surface area contributed by atoms with E-state index in [9.17, 15) is 26.4 Å². The topological polar surface area (TPSA) is 105 Å². The summed E-state index contributed by atoms with van der Waals surface area (Å²) in [5.74, 6) is 0.699. The Labute approximate surface area is 254 Å². The lowest BCUT2D eigenvalue weighted by atomic mass is 9.85. The molecule has 0 aliphatic carbocycles. The van der Waals surface area contributed by atoms with Crippen molar-refractivity contribution in [3.63, 3.8) is 0 Å². The molecule has 3 aliphatic heterocycles. The highest BCUT2D eigenvalue weighted by Crippen LogP contribution is 2.58. The van der Waals surface area contributed by atoms with E-state index >= 15 is 0 Å². The smallest absolute Gasteiger partial charge is 0.444 e. The van der Waals surface area contributed by atoms with Gasteiger partial charge in [0.05, 0.1) is 11.7 Å². The average molecular weight is 633 g/mol. The van der Waals surface area contributed by atoms with Crippen LogP contribution >= 0.6 is 0 Å². The van der Waals surface area contributed by atoms with Gasteiger partial charge in [0, 0.05) is 36.0 Å². The molecule has 2 bridgehead atoms. The number of hydrogen-bond acceptors (Lipinski definition) is 7. The van der Waals surface area contributed by atoms with Crippen molar-refractivity contribution in [3.05, 3.63) is 59.5 Å². The van der Waals surface area contributed by atoms with Crippen molar-refractivity contribution >= 4 is 16.2 Å². The third-order valence-electron chi connectivity index (χ3n) is 8.64. The van der Waals surface area contributed by atoms with E-state index in [1.807, 2.05) is 52.1 Å². The Hall–Kier alpha value is -3.58. The van der Waals surface area contributed by atoms with Gasteiger partial charge in [-0.15, -0.1) is 0 Å². The standard InChI is InChI=1S/C31H35F3N4O5S/c1-17-14-24(38(16-17)29(39)42-30(2,3)4)28-35-15-21(36-28)19-8-6-18(7-9-19)20-10-13-25(43-44(40,41)31(32,33)34)27-23-12-11-22(26(20)27)37(23)5/h6-10,13,15,17,22-24H,11-12,14,16H2,1-5H3,(H,35,36)/t17-,22?,23?,24+/m1/s1. The molecule has 3 aromatic rings. The van der Waals surface area contributed by atoms with Crippen LogP contribution in [0.3, 0.4) is 0 Å². The van der Waals surface area contributed by atoms with Crippen molar-refractivity contribution < 1.29 is 35.3 Å². The van der Waals surface area contributed by atoms with Gasteiger partial charge in [-0.05, 0) is 75.8 Å². The lowest BCUT2D eigenvalue weighted by molar-refractivity contribution is -0.0500. The number of benzene rings is 2. The molecule has 236 valence electrons. The third-order valence-corrected chi connectivity index (χ3v) is 9.60. The molecule has 0 spiro atoms. The lowest BCUT2D eigenvalue weighted by Gasteiger charge is -2.27. The van der Waals surface area contributed by atoms with Crippen molar-refractivity contribution in [3.8, 4) is 28.1 Å². The number of aromatic nitrogens is 2. The van der Waals surface area contributed by atoms with Crippen molar-refractivity contribution in [2.45, 2.75) is 76.2 Å². The van der Waals surface area contributed by atoms with Gasteiger partial charge in [0.1, 0.15) is 17.2 Å². The number of amides is 1. The van der Waals surface area contributed by atoms with E-state index in [-0.39, 0.29) is 30.0 Å². The van der Waals surface area contributed by atoms with E-state index in [0.717, 1.165) is 35.1 Å². The largest absolute Gasteiger partial charge is 0.534 e. The first kappa shape index (κ1) is 30.4. The fourth-order valence-corrected chi connectivity index (χ4v) is 7.22. The molecule has 44 heavy (non-hydrogen) atoms. The number of imidazole rings is 1. The first-order valence-corrected chi connectivity index (χ1v) is 16.0. The van der Waals surface area contributed by atoms with Crippen LogP contribution in [0.2, 0.25) is 0 Å². The van der Waals surface area contributed by atoms with E-state index in [0.29, 0.717) is 36.0 Å². The van der Waals surface area contributed by atoms with Gasteiger partial charge in [0.15, 0.2) is 0 Å². The molecule has 2 saturated heterocycles. The summed E-state index contributed by atoms with van der Waals surface area (Å²) in [5.41, 5.74) is -1.62. The maximum Gasteiger partial charge on any atom is 0.534 e. The Bertz CT molecular complexity index is 1700. The number of carbonyl (C=O) groups is 1. The molecule has 1 N–H and O–H groups in total. The molecular weight excluding hydrogens is 597 g/mol. The summed E-state index contributed by atoms with van der Waals surface area (Å²) in [6.07, 6.45) is 3.71. The van der Waals surface area contributed by atoms with E-state index in [2.05, 4.69) is 21.0 Å². The van der Waals surface area contributed by atoms with Gasteiger partial charge < -0.3 is 13.9 Å². The molecule has 4 heterocycles. The fourth-order valence-electron chi connectivity index (χ4n) is 6.75. The third kappa shape index (κ3) is 5.33. The molecule has 1 amide bonds. The van der Waals surface area contributed by atoms with Gasteiger partial charge in [-0.2, -0.15) is 21.6 Å². The Balaban J connectivity index is 1.28. The molecule has 3 aliphatic rings. The van der Waals surface area contributed by atoms with Crippen molar-refractivity contribution in [1.82, 2.24) is 19.8 Å². The summed E-state index contributed by atoms with van der Waals surface area (Å²) in [6.45, 7) is 8.19. The van der Waals surface area contributed by atoms with Crippen LogP contribution in [0.1, 0.15) is 82.0 Å². The quantitative estimate of drug-likeness (QED) is 0.236. The number of carbonyl (C=O) groups excluding carboxylic acids is 1. The molecule has 0 radical (unpaired) electrons. The molecule has 1 aromatic heterocycles. The predicted octanol–water partition coefficient (Wildman–Crippen LogP) is 7.11. The number of nitrogens with zero attached hydrogens (tertiary/aromatic N) is 3. The second-order valence-electron chi connectivity index (χ2n) is 12.9. The van der Waals surface area contributed by atoms with Gasteiger partial charge in [-0.1, -0.05) is 37.3 Å². The number of H-pyrrole nitrogens is 1. The number of halogens is 3. The fraction of sp³-hybridized carbons (Fsp3) is 0.484. The monoisotopic (exact) mass is 632 g/mol. The molecule has 2 fully saturated rings. The van der Waals surface area contributed by atoms with Crippen LogP contribution in [0.15, 0.2) is 42.6 Å². The number of nitrogens with one attached hydrogen (secondary N) is 1. The molecule has 6 rings (SSSR count). The van der Waals surface area contributed by atoms with Gasteiger partial charge in [-0.25, -0.2) is 9.78 Å². The highest BCUT2D eigenvalue weighted by Gasteiger charge is 2.51. The van der Waals surface area contributed by atoms with Crippen LogP contribution in [0.25, 0.3) is 22.4 Å². The summed E-state index contributed by atoms with van der Waals surface area (Å²) >= 11 is 0. The second kappa shape index (κ2) is 10.5. The minimum atomic E-state index is -5.80. The van der Waals surface area contributed by atoms with Gasteiger partial charge in [-0.3, -0.25) is 9.80 Å². The number of ether oxygens (including phenoxy) is 1. The second-order valence-corrected chi connectivity index (χ2v) is 14.5. The van der Waals surface area contributed by atoms with Crippen LogP contribution in [0, 0.1) is 5.92 Å². The summed E-state index contributed by atoms with van der Waals surface area (Å²) < 4.78 is 73.3. The van der Waals surface area contributed by atoms with Gasteiger partial charge in [0.2, 0.25) is 0 Å². The van der Waals surface area contributed by atoms with Gasteiger partial charge >= 0.3 is 21.7 Å². The summed E-state index contributed by atoms with van der Waals surface area (Å²) in [4.78, 5) is 24.7. The number of aromatic amines is 1. The van der Waals surface area contributed by atoms with Gasteiger partial charge in [0.25, 0.3) is 0 Å².